The van der Waals surface area contributed by atoms with Crippen molar-refractivity contribution >= 4 is 11.9 Å². The van der Waals surface area contributed by atoms with E-state index in [-0.39, 0.29) is 17.9 Å². The zero-order chi connectivity index (χ0) is 32.4. The number of rotatable bonds is 29. The average Bonchev–Trinajstić information content (AvgIpc) is 3.03. The fourth-order valence-corrected chi connectivity index (χ4v) is 5.61. The molecule has 44 heavy (non-hydrogen) atoms. The second-order valence-electron chi connectivity index (χ2n) is 13.0. The molecule has 0 saturated carbocycles. The minimum atomic E-state index is -0.380. The van der Waals surface area contributed by atoms with Crippen molar-refractivity contribution in [3.05, 3.63) is 12.2 Å². The first-order valence-corrected chi connectivity index (χ1v) is 19.2. The van der Waals surface area contributed by atoms with Gasteiger partial charge in [0.05, 0.1) is 6.61 Å². The maximum Gasteiger partial charge on any atom is 0.305 e. The summed E-state index contributed by atoms with van der Waals surface area (Å²) in [7, 11) is 0. The smallest absolute Gasteiger partial charge is 0.305 e. The number of carbonyl (C=O) groups excluding carboxylic acids is 2. The van der Waals surface area contributed by atoms with Crippen LogP contribution in [0.1, 0.15) is 194 Å². The lowest BCUT2D eigenvalue weighted by Gasteiger charge is -2.30. The molecule has 0 aliphatic carbocycles. The van der Waals surface area contributed by atoms with Crippen molar-refractivity contribution in [2.45, 2.75) is 200 Å². The van der Waals surface area contributed by atoms with Crippen LogP contribution in [-0.4, -0.2) is 42.6 Å². The Hall–Kier alpha value is -1.40. The lowest BCUT2D eigenvalue weighted by Crippen LogP contribution is -2.52. The molecule has 1 amide bonds. The predicted octanol–water partition coefficient (Wildman–Crippen LogP) is 10.3. The van der Waals surface area contributed by atoms with Gasteiger partial charge in [-0.05, 0) is 57.8 Å². The maximum atomic E-state index is 11.7. The topological polar surface area (TPSA) is 84.7 Å². The summed E-state index contributed by atoms with van der Waals surface area (Å²) in [6.07, 6.45) is 38.1. The van der Waals surface area contributed by atoms with Gasteiger partial charge in [-0.2, -0.15) is 0 Å². The average molecular weight is 622 g/mol. The summed E-state index contributed by atoms with van der Waals surface area (Å²) in [4.78, 5) is 23.3. The van der Waals surface area contributed by atoms with Gasteiger partial charge in [-0.25, -0.2) is 10.4 Å². The first kappa shape index (κ1) is 42.6. The zero-order valence-corrected chi connectivity index (χ0v) is 29.7. The predicted molar refractivity (Wildman–Crippen MR) is 189 cm³/mol. The lowest BCUT2D eigenvalue weighted by atomic mass is 10.1. The fraction of sp³-hybridized carbons (Fsp3) is 0.895. The van der Waals surface area contributed by atoms with Crippen LogP contribution in [0.4, 0.5) is 0 Å². The van der Waals surface area contributed by atoms with Crippen molar-refractivity contribution in [1.82, 2.24) is 10.4 Å². The van der Waals surface area contributed by atoms with Crippen LogP contribution in [-0.2, 0) is 14.3 Å². The first-order valence-electron chi connectivity index (χ1n) is 19.2. The van der Waals surface area contributed by atoms with E-state index in [2.05, 4.69) is 43.4 Å². The molecule has 0 radical (unpaired) electrons. The molecule has 3 N–H and O–H groups in total. The first-order chi connectivity index (χ1) is 21.5. The zero-order valence-electron chi connectivity index (χ0n) is 29.7. The molecule has 0 aromatic heterocycles. The number of hydrazine groups is 1. The van der Waals surface area contributed by atoms with Crippen LogP contribution in [0.2, 0.25) is 0 Å². The van der Waals surface area contributed by atoms with Crippen LogP contribution >= 0.6 is 0 Å². The van der Waals surface area contributed by atoms with Crippen molar-refractivity contribution in [2.75, 3.05) is 19.7 Å². The summed E-state index contributed by atoms with van der Waals surface area (Å²) in [6.45, 7) is 9.05. The molecule has 1 unspecified atom stereocenters. The Bertz CT molecular complexity index is 631. The molecule has 0 aromatic carbocycles. The quantitative estimate of drug-likeness (QED) is 0.0493. The summed E-state index contributed by atoms with van der Waals surface area (Å²) in [6, 6.07) is -0.380. The number of nitrogens with two attached hydrogens (primary N) is 1. The molecule has 1 heterocycles. The second-order valence-corrected chi connectivity index (χ2v) is 13.0. The lowest BCUT2D eigenvalue weighted by molar-refractivity contribution is -0.143. The van der Waals surface area contributed by atoms with Gasteiger partial charge in [-0.3, -0.25) is 9.59 Å². The molecule has 1 aliphatic rings. The fourth-order valence-electron chi connectivity index (χ4n) is 5.61. The van der Waals surface area contributed by atoms with Gasteiger partial charge in [0, 0.05) is 19.5 Å². The highest BCUT2D eigenvalue weighted by molar-refractivity contribution is 5.79. The van der Waals surface area contributed by atoms with E-state index in [1.165, 1.54) is 128 Å². The van der Waals surface area contributed by atoms with Crippen LogP contribution in [0.3, 0.4) is 0 Å². The van der Waals surface area contributed by atoms with Crippen LogP contribution in [0, 0.1) is 0 Å². The number of hydrogen-bond acceptors (Lipinski definition) is 5. The molecule has 6 nitrogen and oxygen atoms in total. The van der Waals surface area contributed by atoms with E-state index in [0.717, 1.165) is 38.8 Å². The van der Waals surface area contributed by atoms with Gasteiger partial charge in [-0.15, -0.1) is 0 Å². The van der Waals surface area contributed by atoms with Crippen LogP contribution in [0.25, 0.3) is 0 Å². The molecule has 1 atom stereocenters. The van der Waals surface area contributed by atoms with E-state index < -0.39 is 0 Å². The van der Waals surface area contributed by atoms with E-state index in [1.807, 2.05) is 0 Å². The van der Waals surface area contributed by atoms with E-state index in [1.54, 1.807) is 0 Å². The molecule has 0 spiro atoms. The Kier molecular flexibility index (Phi) is 33.4. The maximum absolute atomic E-state index is 11.7. The van der Waals surface area contributed by atoms with Crippen molar-refractivity contribution < 1.29 is 14.3 Å². The largest absolute Gasteiger partial charge is 0.466 e. The number of amides is 1. The number of ether oxygens (including phenoxy) is 1. The SMILES string of the molecule is CCCCCCCC/C=C\CCCCCCCC.CCCCCCCCCC(=O)OCCCC(NN1CCCCC1)C(N)=O. The van der Waals surface area contributed by atoms with Crippen molar-refractivity contribution in [2.24, 2.45) is 5.73 Å². The van der Waals surface area contributed by atoms with Crippen LogP contribution < -0.4 is 11.2 Å². The normalized spacial score (nSPS) is 14.3. The Labute approximate surface area is 274 Å². The highest BCUT2D eigenvalue weighted by Gasteiger charge is 2.19. The molecular formula is C38H75N3O3. The third-order valence-corrected chi connectivity index (χ3v) is 8.54. The minimum Gasteiger partial charge on any atom is -0.466 e. The minimum absolute atomic E-state index is 0.127. The van der Waals surface area contributed by atoms with Gasteiger partial charge in [0.25, 0.3) is 0 Å². The van der Waals surface area contributed by atoms with Crippen LogP contribution in [0.15, 0.2) is 12.2 Å². The summed E-state index contributed by atoms with van der Waals surface area (Å²) in [5.41, 5.74) is 8.71. The molecule has 260 valence electrons. The highest BCUT2D eigenvalue weighted by atomic mass is 16.5. The van der Waals surface area contributed by atoms with Crippen molar-refractivity contribution in [3.63, 3.8) is 0 Å². The number of hydrogen-bond donors (Lipinski definition) is 2. The molecule has 1 rings (SSSR count). The number of carbonyl (C=O) groups is 2. The van der Waals surface area contributed by atoms with E-state index in [9.17, 15) is 9.59 Å². The van der Waals surface area contributed by atoms with Gasteiger partial charge in [0.1, 0.15) is 6.04 Å². The Morgan fingerprint density at radius 2 is 1.11 bits per heavy atom. The number of nitrogens with zero attached hydrogens (tertiary/aromatic N) is 1. The number of esters is 1. The monoisotopic (exact) mass is 622 g/mol. The molecule has 1 aliphatic heterocycles. The number of primary amides is 1. The molecule has 1 saturated heterocycles. The molecule has 0 bridgehead atoms. The molecule has 1 fully saturated rings. The third kappa shape index (κ3) is 30.6. The van der Waals surface area contributed by atoms with E-state index >= 15 is 0 Å². The Morgan fingerprint density at radius 1 is 0.659 bits per heavy atom. The number of piperidine rings is 1. The summed E-state index contributed by atoms with van der Waals surface area (Å²) < 4.78 is 5.27. The van der Waals surface area contributed by atoms with Crippen molar-refractivity contribution in [3.8, 4) is 0 Å². The van der Waals surface area contributed by atoms with E-state index in [0.29, 0.717) is 25.9 Å². The molecular weight excluding hydrogens is 546 g/mol. The Balaban J connectivity index is 0.000000902. The van der Waals surface area contributed by atoms with Gasteiger partial charge in [0.15, 0.2) is 0 Å². The van der Waals surface area contributed by atoms with Crippen LogP contribution in [0.5, 0.6) is 0 Å². The number of unbranched alkanes of at least 4 members (excludes halogenated alkanes) is 18. The standard InChI is InChI=1S/C20H39N3O3.C18H36/c1-2-3-4-5-6-7-9-14-19(24)26-17-12-13-18(20(21)25)22-23-15-10-8-11-16-23;1-3-5-7-9-11-13-15-17-18-16-14-12-10-8-6-4-2/h18,22H,2-17H2,1H3,(H2,21,25);17-18H,3-16H2,1-2H3/b;18-17-. The summed E-state index contributed by atoms with van der Waals surface area (Å²) >= 11 is 0. The van der Waals surface area contributed by atoms with Crippen molar-refractivity contribution in [1.29, 1.82) is 0 Å². The Morgan fingerprint density at radius 3 is 1.59 bits per heavy atom. The van der Waals surface area contributed by atoms with Gasteiger partial charge in [-0.1, -0.05) is 142 Å². The number of allylic oxidation sites excluding steroid dienone is 2. The third-order valence-electron chi connectivity index (χ3n) is 8.54. The second kappa shape index (κ2) is 34.5. The summed E-state index contributed by atoms with van der Waals surface area (Å²) in [5.74, 6) is -0.469. The van der Waals surface area contributed by atoms with Gasteiger partial charge < -0.3 is 10.5 Å². The molecule has 6 heteroatoms. The molecule has 0 aromatic rings. The van der Waals surface area contributed by atoms with Gasteiger partial charge >= 0.3 is 5.97 Å². The summed E-state index contributed by atoms with van der Waals surface area (Å²) in [5, 5.41) is 2.09. The van der Waals surface area contributed by atoms with E-state index in [4.69, 9.17) is 10.5 Å². The van der Waals surface area contributed by atoms with Gasteiger partial charge in [0.2, 0.25) is 5.91 Å². The number of nitrogens with one attached hydrogen (secondary N) is 1. The highest BCUT2D eigenvalue weighted by Crippen LogP contribution is 2.11.